The number of carbonyl (C=O) groups is 1. The van der Waals surface area contributed by atoms with E-state index in [2.05, 4.69) is 40.1 Å². The molecule has 1 amide bonds. The Hall–Kier alpha value is -1.48. The van der Waals surface area contributed by atoms with Crippen LogP contribution < -0.4 is 15.4 Å². The molecule has 1 aromatic heterocycles. The molecule has 0 radical (unpaired) electrons. The van der Waals surface area contributed by atoms with Gasteiger partial charge in [-0.25, -0.2) is 0 Å². The van der Waals surface area contributed by atoms with Gasteiger partial charge in [-0.2, -0.15) is 0 Å². The van der Waals surface area contributed by atoms with E-state index in [1.54, 1.807) is 17.4 Å². The fourth-order valence-corrected chi connectivity index (χ4v) is 5.61. The number of amides is 1. The predicted octanol–water partition coefficient (Wildman–Crippen LogP) is 4.05. The number of carbonyl (C=O) groups excluding carboxylic acids is 1. The van der Waals surface area contributed by atoms with E-state index in [0.29, 0.717) is 15.2 Å². The van der Waals surface area contributed by atoms with Gasteiger partial charge >= 0.3 is 0 Å². The van der Waals surface area contributed by atoms with E-state index < -0.39 is 0 Å². The summed E-state index contributed by atoms with van der Waals surface area (Å²) in [5, 5.41) is 17.5. The number of hydrogen-bond donors (Lipinski definition) is 3. The Labute approximate surface area is 163 Å². The number of halogens is 1. The van der Waals surface area contributed by atoms with Gasteiger partial charge in [0.25, 0.3) is 5.91 Å². The van der Waals surface area contributed by atoms with Crippen LogP contribution in [0.5, 0.6) is 11.5 Å². The third-order valence-corrected chi connectivity index (χ3v) is 6.90. The van der Waals surface area contributed by atoms with Gasteiger partial charge in [-0.05, 0) is 71.0 Å². The minimum Gasteiger partial charge on any atom is -0.504 e. The van der Waals surface area contributed by atoms with Crippen molar-refractivity contribution in [3.8, 4) is 11.5 Å². The molecule has 5 nitrogen and oxygen atoms in total. The van der Waals surface area contributed by atoms with Crippen LogP contribution in [-0.4, -0.2) is 18.1 Å². The first-order valence-electron chi connectivity index (χ1n) is 8.26. The number of anilines is 1. The number of hydrogen-bond acceptors (Lipinski definition) is 5. The first-order valence-corrected chi connectivity index (χ1v) is 10.2. The highest BCUT2D eigenvalue weighted by Gasteiger charge is 2.33. The average molecular weight is 470 g/mol. The van der Waals surface area contributed by atoms with Gasteiger partial charge < -0.3 is 20.5 Å². The van der Waals surface area contributed by atoms with Crippen molar-refractivity contribution in [1.29, 1.82) is 0 Å². The SMILES string of the molecule is COc1cc([C@H]2NC(=O)c3c(sc4c3CC[C@@H](C)C4)N2)cc(I)c1O. The first kappa shape index (κ1) is 17.0. The van der Waals surface area contributed by atoms with Gasteiger partial charge in [0.05, 0.1) is 16.2 Å². The van der Waals surface area contributed by atoms with Crippen LogP contribution in [0.1, 0.15) is 45.9 Å². The van der Waals surface area contributed by atoms with Gasteiger partial charge in [0.1, 0.15) is 11.2 Å². The number of methoxy groups -OCH3 is 1. The number of thiophene rings is 1. The molecule has 2 atom stereocenters. The highest BCUT2D eigenvalue weighted by atomic mass is 127. The van der Waals surface area contributed by atoms with E-state index in [9.17, 15) is 9.90 Å². The molecule has 0 bridgehead atoms. The number of rotatable bonds is 2. The van der Waals surface area contributed by atoms with Gasteiger partial charge in [-0.1, -0.05) is 6.92 Å². The highest BCUT2D eigenvalue weighted by molar-refractivity contribution is 14.1. The Morgan fingerprint density at radius 1 is 1.36 bits per heavy atom. The lowest BCUT2D eigenvalue weighted by atomic mass is 9.88. The van der Waals surface area contributed by atoms with Gasteiger partial charge in [-0.3, -0.25) is 4.79 Å². The normalized spacial score (nSPS) is 21.8. The fraction of sp³-hybridized carbons (Fsp3) is 0.389. The largest absolute Gasteiger partial charge is 0.504 e. The van der Waals surface area contributed by atoms with Crippen molar-refractivity contribution in [1.82, 2.24) is 5.32 Å². The molecule has 3 N–H and O–H groups in total. The van der Waals surface area contributed by atoms with Crippen LogP contribution in [0.25, 0.3) is 0 Å². The number of phenolic OH excluding ortho intramolecular Hbond substituents is 1. The number of nitrogens with one attached hydrogen (secondary N) is 2. The summed E-state index contributed by atoms with van der Waals surface area (Å²) in [7, 11) is 1.52. The van der Waals surface area contributed by atoms with Gasteiger partial charge in [0.15, 0.2) is 11.5 Å². The smallest absolute Gasteiger partial charge is 0.256 e. The van der Waals surface area contributed by atoms with E-state index in [0.717, 1.165) is 35.4 Å². The third-order valence-electron chi connectivity index (χ3n) is 4.89. The molecule has 1 aliphatic carbocycles. The molecule has 0 unspecified atom stereocenters. The van der Waals surface area contributed by atoms with Gasteiger partial charge in [-0.15, -0.1) is 11.3 Å². The lowest BCUT2D eigenvalue weighted by Gasteiger charge is -2.27. The monoisotopic (exact) mass is 470 g/mol. The van der Waals surface area contributed by atoms with E-state index >= 15 is 0 Å². The highest BCUT2D eigenvalue weighted by Crippen LogP contribution is 2.43. The maximum absolute atomic E-state index is 12.8. The van der Waals surface area contributed by atoms with Crippen LogP contribution >= 0.6 is 33.9 Å². The maximum Gasteiger partial charge on any atom is 0.256 e. The molecule has 0 fully saturated rings. The quantitative estimate of drug-likeness (QED) is 0.580. The summed E-state index contributed by atoms with van der Waals surface area (Å²) in [6, 6.07) is 3.62. The predicted molar refractivity (Wildman–Crippen MR) is 107 cm³/mol. The van der Waals surface area contributed by atoms with E-state index in [1.165, 1.54) is 17.6 Å². The molecule has 7 heteroatoms. The summed E-state index contributed by atoms with van der Waals surface area (Å²) in [4.78, 5) is 14.1. The molecule has 2 aromatic rings. The molecule has 2 heterocycles. The summed E-state index contributed by atoms with van der Waals surface area (Å²) in [6.45, 7) is 2.27. The topological polar surface area (TPSA) is 70.6 Å². The molecule has 0 saturated heterocycles. The second-order valence-corrected chi connectivity index (χ2v) is 8.93. The van der Waals surface area contributed by atoms with Crippen molar-refractivity contribution in [2.45, 2.75) is 32.4 Å². The van der Waals surface area contributed by atoms with Crippen LogP contribution in [0.4, 0.5) is 5.00 Å². The van der Waals surface area contributed by atoms with Crippen molar-refractivity contribution in [3.63, 3.8) is 0 Å². The fourth-order valence-electron chi connectivity index (χ4n) is 3.55. The zero-order chi connectivity index (χ0) is 17.7. The van der Waals surface area contributed by atoms with Crippen LogP contribution in [0, 0.1) is 9.49 Å². The molecule has 1 aliphatic heterocycles. The Morgan fingerprint density at radius 2 is 2.16 bits per heavy atom. The number of phenols is 1. The summed E-state index contributed by atoms with van der Waals surface area (Å²) >= 11 is 3.77. The molecule has 132 valence electrons. The molecule has 1 aromatic carbocycles. The lowest BCUT2D eigenvalue weighted by Crippen LogP contribution is -2.38. The minimum absolute atomic E-state index is 0.0205. The molecule has 25 heavy (non-hydrogen) atoms. The summed E-state index contributed by atoms with van der Waals surface area (Å²) in [5.41, 5.74) is 2.90. The zero-order valence-electron chi connectivity index (χ0n) is 14.0. The number of fused-ring (bicyclic) bond motifs is 3. The van der Waals surface area contributed by atoms with Gasteiger partial charge in [0.2, 0.25) is 0 Å². The summed E-state index contributed by atoms with van der Waals surface area (Å²) in [5.74, 6) is 1.18. The van der Waals surface area contributed by atoms with Crippen molar-refractivity contribution >= 4 is 44.8 Å². The van der Waals surface area contributed by atoms with Crippen LogP contribution in [0.2, 0.25) is 0 Å². The summed E-state index contributed by atoms with van der Waals surface area (Å²) in [6.07, 6.45) is 2.84. The maximum atomic E-state index is 12.8. The third kappa shape index (κ3) is 2.87. The molecular weight excluding hydrogens is 451 g/mol. The Bertz CT molecular complexity index is 864. The molecule has 2 aliphatic rings. The van der Waals surface area contributed by atoms with Crippen LogP contribution in [0.3, 0.4) is 0 Å². The number of ether oxygens (including phenoxy) is 1. The Morgan fingerprint density at radius 3 is 2.92 bits per heavy atom. The Kier molecular flexibility index (Phi) is 4.31. The Balaban J connectivity index is 1.71. The second-order valence-electron chi connectivity index (χ2n) is 6.66. The van der Waals surface area contributed by atoms with Crippen molar-refractivity contribution in [2.75, 3.05) is 12.4 Å². The van der Waals surface area contributed by atoms with Crippen molar-refractivity contribution < 1.29 is 14.6 Å². The average Bonchev–Trinajstić information content (AvgIpc) is 2.94. The second kappa shape index (κ2) is 6.35. The number of aromatic hydroxyl groups is 1. The van der Waals surface area contributed by atoms with E-state index in [-0.39, 0.29) is 17.8 Å². The van der Waals surface area contributed by atoms with Crippen LogP contribution in [-0.2, 0) is 12.8 Å². The molecule has 0 saturated carbocycles. The van der Waals surface area contributed by atoms with Crippen molar-refractivity contribution in [2.24, 2.45) is 5.92 Å². The molecular formula is C18H19IN2O3S. The van der Waals surface area contributed by atoms with Gasteiger partial charge in [0, 0.05) is 4.88 Å². The molecule has 0 spiro atoms. The first-order chi connectivity index (χ1) is 12.0. The van der Waals surface area contributed by atoms with E-state index in [4.69, 9.17) is 4.74 Å². The van der Waals surface area contributed by atoms with E-state index in [1.807, 2.05) is 6.07 Å². The van der Waals surface area contributed by atoms with Crippen molar-refractivity contribution in [3.05, 3.63) is 37.3 Å². The van der Waals surface area contributed by atoms with Crippen LogP contribution in [0.15, 0.2) is 12.1 Å². The zero-order valence-corrected chi connectivity index (χ0v) is 17.0. The minimum atomic E-state index is -0.333. The number of benzene rings is 1. The standard InChI is InChI=1S/C18H19IN2O3S/c1-8-3-4-10-13(5-8)25-18-14(10)17(23)20-16(21-18)9-6-11(19)15(22)12(7-9)24-2/h6-8,16,21-22H,3-5H2,1-2H3,(H,20,23)/t8-,16+/m1/s1. The lowest BCUT2D eigenvalue weighted by molar-refractivity contribution is 0.0935. The summed E-state index contributed by atoms with van der Waals surface area (Å²) < 4.78 is 5.93. The molecule has 4 rings (SSSR count).